The number of H-pyrrole nitrogens is 1. The van der Waals surface area contributed by atoms with Crippen LogP contribution in [0, 0.1) is 0 Å². The van der Waals surface area contributed by atoms with Gasteiger partial charge in [-0.3, -0.25) is 4.57 Å². The van der Waals surface area contributed by atoms with E-state index in [1.807, 2.05) is 25.1 Å². The zero-order valence-corrected chi connectivity index (χ0v) is 13.0. The molecule has 1 aromatic carbocycles. The Morgan fingerprint density at radius 2 is 2.32 bits per heavy atom. The third-order valence-corrected chi connectivity index (χ3v) is 4.34. The summed E-state index contributed by atoms with van der Waals surface area (Å²) < 4.78 is 2.41. The van der Waals surface area contributed by atoms with Gasteiger partial charge < -0.3 is 5.11 Å². The molecule has 1 heterocycles. The summed E-state index contributed by atoms with van der Waals surface area (Å²) in [6.45, 7) is 4.19. The van der Waals surface area contributed by atoms with Crippen molar-refractivity contribution in [3.63, 3.8) is 0 Å². The maximum atomic E-state index is 11.5. The quantitative estimate of drug-likeness (QED) is 0.894. The standard InChI is InChI=1S/C12H14BrN3O2S/c1-3-16-11(18)14-15-12(16)19-8-4-5-9(7(2)17)10(13)6-8/h4-7,17H,3H2,1-2H3,(H,14,18). The molecule has 0 bridgehead atoms. The van der Waals surface area contributed by atoms with Crippen molar-refractivity contribution in [1.29, 1.82) is 0 Å². The molecule has 2 rings (SSSR count). The van der Waals surface area contributed by atoms with Crippen molar-refractivity contribution >= 4 is 27.7 Å². The molecule has 0 amide bonds. The monoisotopic (exact) mass is 343 g/mol. The predicted octanol–water partition coefficient (Wildman–Crippen LogP) is 2.56. The van der Waals surface area contributed by atoms with Crippen LogP contribution in [0.5, 0.6) is 0 Å². The molecule has 0 saturated carbocycles. The number of nitrogens with zero attached hydrogens (tertiary/aromatic N) is 2. The molecule has 2 N–H and O–H groups in total. The number of benzene rings is 1. The summed E-state index contributed by atoms with van der Waals surface area (Å²) in [5, 5.41) is 16.6. The highest BCUT2D eigenvalue weighted by Gasteiger charge is 2.11. The fourth-order valence-corrected chi connectivity index (χ4v) is 3.47. The number of halogens is 1. The van der Waals surface area contributed by atoms with Gasteiger partial charge >= 0.3 is 5.69 Å². The molecule has 1 unspecified atom stereocenters. The van der Waals surface area contributed by atoms with Crippen LogP contribution in [-0.4, -0.2) is 19.9 Å². The molecule has 102 valence electrons. The lowest BCUT2D eigenvalue weighted by atomic mass is 10.1. The first kappa shape index (κ1) is 14.4. The molecule has 0 aliphatic rings. The lowest BCUT2D eigenvalue weighted by molar-refractivity contribution is 0.198. The Morgan fingerprint density at radius 1 is 1.58 bits per heavy atom. The number of aromatic nitrogens is 3. The van der Waals surface area contributed by atoms with E-state index in [9.17, 15) is 9.90 Å². The van der Waals surface area contributed by atoms with Crippen molar-refractivity contribution in [2.45, 2.75) is 36.5 Å². The molecule has 19 heavy (non-hydrogen) atoms. The van der Waals surface area contributed by atoms with Crippen LogP contribution in [0.1, 0.15) is 25.5 Å². The third-order valence-electron chi connectivity index (χ3n) is 2.67. The molecule has 0 fully saturated rings. The van der Waals surface area contributed by atoms with Crippen molar-refractivity contribution in [3.05, 3.63) is 38.7 Å². The summed E-state index contributed by atoms with van der Waals surface area (Å²) in [5.74, 6) is 0. The molecule has 2 aromatic rings. The van der Waals surface area contributed by atoms with Gasteiger partial charge in [-0.2, -0.15) is 0 Å². The lowest BCUT2D eigenvalue weighted by Gasteiger charge is -2.09. The molecule has 0 aliphatic carbocycles. The maximum absolute atomic E-state index is 11.5. The summed E-state index contributed by atoms with van der Waals surface area (Å²) in [6.07, 6.45) is -0.521. The van der Waals surface area contributed by atoms with Gasteiger partial charge in [-0.05, 0) is 43.3 Å². The molecule has 0 aliphatic heterocycles. The molecule has 1 atom stereocenters. The van der Waals surface area contributed by atoms with Gasteiger partial charge in [-0.1, -0.05) is 22.0 Å². The summed E-state index contributed by atoms with van der Waals surface area (Å²) in [5.41, 5.74) is 0.629. The van der Waals surface area contributed by atoms with Crippen molar-refractivity contribution in [2.24, 2.45) is 0 Å². The van der Waals surface area contributed by atoms with Gasteiger partial charge in [-0.15, -0.1) is 5.10 Å². The minimum atomic E-state index is -0.521. The van der Waals surface area contributed by atoms with E-state index in [1.165, 1.54) is 11.8 Å². The van der Waals surface area contributed by atoms with Crippen molar-refractivity contribution in [2.75, 3.05) is 0 Å². The molecular weight excluding hydrogens is 330 g/mol. The molecular formula is C12H14BrN3O2S. The zero-order valence-electron chi connectivity index (χ0n) is 10.6. The fourth-order valence-electron chi connectivity index (χ4n) is 1.68. The van der Waals surface area contributed by atoms with Crippen LogP contribution < -0.4 is 5.69 Å². The van der Waals surface area contributed by atoms with Crippen LogP contribution in [0.2, 0.25) is 0 Å². The highest BCUT2D eigenvalue weighted by atomic mass is 79.9. The van der Waals surface area contributed by atoms with E-state index in [0.29, 0.717) is 11.7 Å². The first-order valence-corrected chi connectivity index (χ1v) is 7.44. The average molecular weight is 344 g/mol. The maximum Gasteiger partial charge on any atom is 0.343 e. The Hall–Kier alpha value is -1.05. The molecule has 7 heteroatoms. The molecule has 0 spiro atoms. The Labute approximate surface area is 123 Å². The van der Waals surface area contributed by atoms with E-state index >= 15 is 0 Å². The van der Waals surface area contributed by atoms with Crippen LogP contribution in [0.25, 0.3) is 0 Å². The molecule has 0 saturated heterocycles. The Balaban J connectivity index is 2.29. The number of aliphatic hydroxyl groups is 1. The molecule has 5 nitrogen and oxygen atoms in total. The van der Waals surface area contributed by atoms with Crippen molar-refractivity contribution in [1.82, 2.24) is 14.8 Å². The number of hydrogen-bond acceptors (Lipinski definition) is 4. The Kier molecular flexibility index (Phi) is 4.49. The van der Waals surface area contributed by atoms with E-state index in [2.05, 4.69) is 26.1 Å². The van der Waals surface area contributed by atoms with Crippen LogP contribution in [0.15, 0.2) is 37.5 Å². The van der Waals surface area contributed by atoms with E-state index in [-0.39, 0.29) is 5.69 Å². The number of nitrogens with one attached hydrogen (secondary N) is 1. The van der Waals surface area contributed by atoms with E-state index in [0.717, 1.165) is 14.9 Å². The topological polar surface area (TPSA) is 70.9 Å². The first-order chi connectivity index (χ1) is 9.02. The van der Waals surface area contributed by atoms with Crippen molar-refractivity contribution < 1.29 is 5.11 Å². The van der Waals surface area contributed by atoms with Gasteiger partial charge in [0.15, 0.2) is 5.16 Å². The van der Waals surface area contributed by atoms with Gasteiger partial charge in [0.2, 0.25) is 0 Å². The number of aromatic amines is 1. The largest absolute Gasteiger partial charge is 0.389 e. The smallest absolute Gasteiger partial charge is 0.343 e. The highest BCUT2D eigenvalue weighted by Crippen LogP contribution is 2.31. The lowest BCUT2D eigenvalue weighted by Crippen LogP contribution is -2.15. The minimum absolute atomic E-state index is 0.204. The highest BCUT2D eigenvalue weighted by molar-refractivity contribution is 9.10. The zero-order chi connectivity index (χ0) is 14.0. The predicted molar refractivity (Wildman–Crippen MR) is 77.4 cm³/mol. The van der Waals surface area contributed by atoms with Gasteiger partial charge in [0, 0.05) is 15.9 Å². The summed E-state index contributed by atoms with van der Waals surface area (Å²) in [6, 6.07) is 5.67. The van der Waals surface area contributed by atoms with Crippen LogP contribution in [-0.2, 0) is 6.54 Å². The van der Waals surface area contributed by atoms with Gasteiger partial charge in [0.25, 0.3) is 0 Å². The fraction of sp³-hybridized carbons (Fsp3) is 0.333. The van der Waals surface area contributed by atoms with Crippen LogP contribution in [0.4, 0.5) is 0 Å². The normalized spacial score (nSPS) is 12.6. The van der Waals surface area contributed by atoms with Crippen LogP contribution >= 0.6 is 27.7 Å². The second kappa shape index (κ2) is 5.94. The van der Waals surface area contributed by atoms with Crippen LogP contribution in [0.3, 0.4) is 0 Å². The summed E-state index contributed by atoms with van der Waals surface area (Å²) >= 11 is 4.83. The second-order valence-corrected chi connectivity index (χ2v) is 5.91. The average Bonchev–Trinajstić information content (AvgIpc) is 2.69. The molecule has 0 radical (unpaired) electrons. The number of aliphatic hydroxyl groups excluding tert-OH is 1. The molecule has 1 aromatic heterocycles. The Bertz CT molecular complexity index is 636. The number of rotatable bonds is 4. The van der Waals surface area contributed by atoms with Gasteiger partial charge in [0.05, 0.1) is 6.10 Å². The van der Waals surface area contributed by atoms with E-state index < -0.39 is 6.10 Å². The van der Waals surface area contributed by atoms with E-state index in [1.54, 1.807) is 11.5 Å². The summed E-state index contributed by atoms with van der Waals surface area (Å²) in [7, 11) is 0. The third kappa shape index (κ3) is 3.10. The van der Waals surface area contributed by atoms with Crippen molar-refractivity contribution in [3.8, 4) is 0 Å². The van der Waals surface area contributed by atoms with E-state index in [4.69, 9.17) is 0 Å². The van der Waals surface area contributed by atoms with Gasteiger partial charge in [-0.25, -0.2) is 9.89 Å². The minimum Gasteiger partial charge on any atom is -0.389 e. The first-order valence-electron chi connectivity index (χ1n) is 5.83. The number of hydrogen-bond donors (Lipinski definition) is 2. The van der Waals surface area contributed by atoms with Gasteiger partial charge in [0.1, 0.15) is 0 Å². The Morgan fingerprint density at radius 3 is 2.89 bits per heavy atom. The SMILES string of the molecule is CCn1c(Sc2ccc(C(C)O)c(Br)c2)n[nH]c1=O. The summed E-state index contributed by atoms with van der Waals surface area (Å²) in [4.78, 5) is 12.4. The second-order valence-electron chi connectivity index (χ2n) is 4.02.